The van der Waals surface area contributed by atoms with Gasteiger partial charge in [0, 0.05) is 29.8 Å². The molecule has 1 aromatic heterocycles. The average molecular weight is 359 g/mol. The van der Waals surface area contributed by atoms with Crippen molar-refractivity contribution in [3.63, 3.8) is 0 Å². The maximum Gasteiger partial charge on any atom is 0.189 e. The van der Waals surface area contributed by atoms with Gasteiger partial charge in [-0.15, -0.1) is 11.8 Å². The van der Waals surface area contributed by atoms with Gasteiger partial charge in [0.15, 0.2) is 5.78 Å². The third-order valence-electron chi connectivity index (χ3n) is 5.41. The SMILES string of the molecule is COc1cc(OC)cc([C@H]2SC[C@H](O)[C@@]23CCn2cccc2C3=O)c1. The number of Topliss-reactive ketones (excluding diaryl/α,β-unsaturated/α-hetero) is 1. The fraction of sp³-hybridized carbons (Fsp3) is 0.421. The smallest absolute Gasteiger partial charge is 0.189 e. The Hall–Kier alpha value is -1.92. The molecule has 1 aromatic carbocycles. The van der Waals surface area contributed by atoms with E-state index in [4.69, 9.17) is 9.47 Å². The third kappa shape index (κ3) is 2.39. The number of carbonyl (C=O) groups excluding carboxylic acids is 1. The highest BCUT2D eigenvalue weighted by Gasteiger charge is 2.58. The molecule has 0 bridgehead atoms. The zero-order valence-electron chi connectivity index (χ0n) is 14.3. The zero-order chi connectivity index (χ0) is 17.6. The maximum atomic E-state index is 13.3. The van der Waals surface area contributed by atoms with Crippen molar-refractivity contribution in [2.75, 3.05) is 20.0 Å². The van der Waals surface area contributed by atoms with Gasteiger partial charge in [-0.3, -0.25) is 4.79 Å². The van der Waals surface area contributed by atoms with Gasteiger partial charge in [0.25, 0.3) is 0 Å². The number of aryl methyl sites for hydroxylation is 1. The van der Waals surface area contributed by atoms with E-state index in [0.29, 0.717) is 29.4 Å². The van der Waals surface area contributed by atoms with Crippen molar-refractivity contribution in [2.45, 2.75) is 24.3 Å². The molecule has 2 aromatic rings. The minimum absolute atomic E-state index is 0.0352. The van der Waals surface area contributed by atoms with Crippen LogP contribution in [0.2, 0.25) is 0 Å². The quantitative estimate of drug-likeness (QED) is 0.913. The van der Waals surface area contributed by atoms with Crippen LogP contribution < -0.4 is 9.47 Å². The predicted molar refractivity (Wildman–Crippen MR) is 96.6 cm³/mol. The van der Waals surface area contributed by atoms with Gasteiger partial charge in [-0.1, -0.05) is 0 Å². The summed E-state index contributed by atoms with van der Waals surface area (Å²) in [5.74, 6) is 1.97. The fourth-order valence-corrected chi connectivity index (χ4v) is 5.75. The number of thioether (sulfide) groups is 1. The topological polar surface area (TPSA) is 60.7 Å². The summed E-state index contributed by atoms with van der Waals surface area (Å²) in [6.07, 6.45) is 1.90. The summed E-state index contributed by atoms with van der Waals surface area (Å²) in [4.78, 5) is 13.3. The number of ketones is 1. The molecule has 0 saturated carbocycles. The lowest BCUT2D eigenvalue weighted by molar-refractivity contribution is 0.0272. The normalized spacial score (nSPS) is 28.2. The summed E-state index contributed by atoms with van der Waals surface area (Å²) in [6, 6.07) is 9.45. The van der Waals surface area contributed by atoms with Gasteiger partial charge in [-0.05, 0) is 36.2 Å². The molecule has 3 heterocycles. The molecule has 0 aliphatic carbocycles. The lowest BCUT2D eigenvalue weighted by Gasteiger charge is -2.39. The molecule has 132 valence electrons. The van der Waals surface area contributed by atoms with Crippen molar-refractivity contribution in [1.82, 2.24) is 4.57 Å². The Morgan fingerprint density at radius 2 is 1.96 bits per heavy atom. The molecule has 5 nitrogen and oxygen atoms in total. The van der Waals surface area contributed by atoms with Gasteiger partial charge in [-0.25, -0.2) is 0 Å². The van der Waals surface area contributed by atoms with Crippen LogP contribution in [0.3, 0.4) is 0 Å². The van der Waals surface area contributed by atoms with Crippen LogP contribution >= 0.6 is 11.8 Å². The highest BCUT2D eigenvalue weighted by atomic mass is 32.2. The standard InChI is InChI=1S/C19H21NO4S/c1-23-13-8-12(9-14(10-13)24-2)18-19(16(21)11-25-18)5-7-20-6-3-4-15(20)17(19)22/h3-4,6,8-10,16,18,21H,5,7,11H2,1-2H3/t16-,18+,19+/m0/s1. The molecule has 1 spiro atoms. The van der Waals surface area contributed by atoms with Gasteiger partial charge in [-0.2, -0.15) is 0 Å². The number of hydrogen-bond donors (Lipinski definition) is 1. The second-order valence-electron chi connectivity index (χ2n) is 6.58. The third-order valence-corrected chi connectivity index (χ3v) is 6.95. The Morgan fingerprint density at radius 1 is 1.24 bits per heavy atom. The first-order chi connectivity index (χ1) is 12.1. The van der Waals surface area contributed by atoms with Gasteiger partial charge >= 0.3 is 0 Å². The molecule has 0 radical (unpaired) electrons. The first-order valence-corrected chi connectivity index (χ1v) is 9.37. The largest absolute Gasteiger partial charge is 0.497 e. The second-order valence-corrected chi connectivity index (χ2v) is 7.72. The van der Waals surface area contributed by atoms with E-state index in [1.807, 2.05) is 41.1 Å². The number of ether oxygens (including phenoxy) is 2. The molecule has 3 atom stereocenters. The Morgan fingerprint density at radius 3 is 2.64 bits per heavy atom. The Labute approximate surface area is 150 Å². The number of aliphatic hydroxyl groups excluding tert-OH is 1. The summed E-state index contributed by atoms with van der Waals surface area (Å²) in [5.41, 5.74) is 0.856. The summed E-state index contributed by atoms with van der Waals surface area (Å²) >= 11 is 1.64. The number of aliphatic hydroxyl groups is 1. The van der Waals surface area contributed by atoms with Crippen molar-refractivity contribution in [2.24, 2.45) is 5.41 Å². The van der Waals surface area contributed by atoms with E-state index < -0.39 is 11.5 Å². The van der Waals surface area contributed by atoms with E-state index in [0.717, 1.165) is 12.1 Å². The minimum atomic E-state index is -0.795. The van der Waals surface area contributed by atoms with E-state index >= 15 is 0 Å². The summed E-state index contributed by atoms with van der Waals surface area (Å²) in [5, 5.41) is 10.7. The van der Waals surface area contributed by atoms with Crippen LogP contribution in [0.1, 0.15) is 27.7 Å². The molecule has 6 heteroatoms. The van der Waals surface area contributed by atoms with Gasteiger partial charge < -0.3 is 19.1 Å². The molecule has 0 unspecified atom stereocenters. The molecular formula is C19H21NO4S. The molecule has 0 amide bonds. The zero-order valence-corrected chi connectivity index (χ0v) is 15.1. The maximum absolute atomic E-state index is 13.3. The lowest BCUT2D eigenvalue weighted by Crippen LogP contribution is -2.47. The van der Waals surface area contributed by atoms with Crippen LogP contribution in [-0.2, 0) is 6.54 Å². The van der Waals surface area contributed by atoms with E-state index in [1.165, 1.54) is 0 Å². The Balaban J connectivity index is 1.82. The lowest BCUT2D eigenvalue weighted by atomic mass is 9.68. The number of methoxy groups -OCH3 is 2. The second kappa shape index (κ2) is 6.11. The molecule has 25 heavy (non-hydrogen) atoms. The van der Waals surface area contributed by atoms with Crippen LogP contribution in [0.15, 0.2) is 36.5 Å². The molecule has 2 aliphatic heterocycles. The number of benzene rings is 1. The first kappa shape index (κ1) is 16.5. The highest BCUT2D eigenvalue weighted by Crippen LogP contribution is 2.58. The molecule has 1 N–H and O–H groups in total. The summed E-state index contributed by atoms with van der Waals surface area (Å²) in [6.45, 7) is 0.739. The molecular weight excluding hydrogens is 338 g/mol. The fourth-order valence-electron chi connectivity index (χ4n) is 4.07. The van der Waals surface area contributed by atoms with E-state index in [-0.39, 0.29) is 11.0 Å². The van der Waals surface area contributed by atoms with Gasteiger partial charge in [0.05, 0.1) is 31.4 Å². The van der Waals surface area contributed by atoms with Crippen molar-refractivity contribution in [1.29, 1.82) is 0 Å². The summed E-state index contributed by atoms with van der Waals surface area (Å²) < 4.78 is 12.8. The van der Waals surface area contributed by atoms with Crippen LogP contribution in [0.4, 0.5) is 0 Å². The predicted octanol–water partition coefficient (Wildman–Crippen LogP) is 2.93. The van der Waals surface area contributed by atoms with Crippen molar-refractivity contribution >= 4 is 17.5 Å². The van der Waals surface area contributed by atoms with E-state index in [2.05, 4.69) is 0 Å². The van der Waals surface area contributed by atoms with Crippen molar-refractivity contribution in [3.8, 4) is 11.5 Å². The van der Waals surface area contributed by atoms with Crippen LogP contribution in [-0.4, -0.2) is 41.5 Å². The number of hydrogen-bond acceptors (Lipinski definition) is 5. The first-order valence-electron chi connectivity index (χ1n) is 8.32. The van der Waals surface area contributed by atoms with Crippen LogP contribution in [0.25, 0.3) is 0 Å². The van der Waals surface area contributed by atoms with Gasteiger partial charge in [0.2, 0.25) is 0 Å². The van der Waals surface area contributed by atoms with Crippen LogP contribution in [0, 0.1) is 5.41 Å². The van der Waals surface area contributed by atoms with E-state index in [9.17, 15) is 9.90 Å². The van der Waals surface area contributed by atoms with Gasteiger partial charge in [0.1, 0.15) is 11.5 Å². The number of rotatable bonds is 3. The van der Waals surface area contributed by atoms with Crippen molar-refractivity contribution in [3.05, 3.63) is 47.8 Å². The highest BCUT2D eigenvalue weighted by molar-refractivity contribution is 7.99. The number of aromatic nitrogens is 1. The minimum Gasteiger partial charge on any atom is -0.497 e. The Kier molecular flexibility index (Phi) is 4.04. The van der Waals surface area contributed by atoms with Crippen molar-refractivity contribution < 1.29 is 19.4 Å². The number of carbonyl (C=O) groups is 1. The number of fused-ring (bicyclic) bond motifs is 1. The molecule has 2 aliphatic rings. The molecule has 1 fully saturated rings. The molecule has 4 rings (SSSR count). The molecule has 1 saturated heterocycles. The average Bonchev–Trinajstić information content (AvgIpc) is 3.24. The number of nitrogens with zero attached hydrogens (tertiary/aromatic N) is 1. The monoisotopic (exact) mass is 359 g/mol. The summed E-state index contributed by atoms with van der Waals surface area (Å²) in [7, 11) is 3.23. The van der Waals surface area contributed by atoms with E-state index in [1.54, 1.807) is 26.0 Å². The Bertz CT molecular complexity index is 795. The van der Waals surface area contributed by atoms with Crippen LogP contribution in [0.5, 0.6) is 11.5 Å².